The van der Waals surface area contributed by atoms with Crippen molar-refractivity contribution in [3.8, 4) is 0 Å². The first-order valence-corrected chi connectivity index (χ1v) is 7.34. The predicted molar refractivity (Wildman–Crippen MR) is 78.2 cm³/mol. The van der Waals surface area contributed by atoms with Gasteiger partial charge in [0.15, 0.2) is 0 Å². The number of benzene rings is 1. The van der Waals surface area contributed by atoms with E-state index in [0.717, 1.165) is 12.8 Å². The van der Waals surface area contributed by atoms with Gasteiger partial charge in [0.2, 0.25) is 0 Å². The summed E-state index contributed by atoms with van der Waals surface area (Å²) in [4.78, 5) is 0. The molecule has 2 aliphatic rings. The average molecular weight is 259 g/mol. The number of hydrogen-bond acceptors (Lipinski definition) is 2. The zero-order chi connectivity index (χ0) is 13.8. The predicted octanol–water partition coefficient (Wildman–Crippen LogP) is 3.25. The topological polar surface area (TPSA) is 35.2 Å². The van der Waals surface area contributed by atoms with Gasteiger partial charge in [-0.15, -0.1) is 0 Å². The fourth-order valence-electron chi connectivity index (χ4n) is 4.13. The van der Waals surface area contributed by atoms with Crippen molar-refractivity contribution in [2.24, 2.45) is 11.7 Å². The number of fused-ring (bicyclic) bond motifs is 1. The molecule has 3 rings (SSSR count). The molecule has 1 heterocycles. The molecule has 0 amide bonds. The third kappa shape index (κ3) is 2.11. The van der Waals surface area contributed by atoms with Gasteiger partial charge >= 0.3 is 0 Å². The Balaban J connectivity index is 1.81. The molecule has 0 spiro atoms. The van der Waals surface area contributed by atoms with Crippen LogP contribution in [0, 0.1) is 5.92 Å². The van der Waals surface area contributed by atoms with E-state index in [1.807, 2.05) is 0 Å². The van der Waals surface area contributed by atoms with Crippen LogP contribution in [0.25, 0.3) is 0 Å². The molecule has 19 heavy (non-hydrogen) atoms. The zero-order valence-electron chi connectivity index (χ0n) is 12.4. The van der Waals surface area contributed by atoms with Crippen LogP contribution in [-0.2, 0) is 11.2 Å². The van der Waals surface area contributed by atoms with Crippen molar-refractivity contribution < 1.29 is 4.74 Å². The Morgan fingerprint density at radius 3 is 2.47 bits per heavy atom. The molecule has 104 valence electrons. The molecule has 3 unspecified atom stereocenters. The van der Waals surface area contributed by atoms with Crippen LogP contribution >= 0.6 is 0 Å². The second kappa shape index (κ2) is 4.07. The molecular weight excluding hydrogens is 234 g/mol. The monoisotopic (exact) mass is 259 g/mol. The largest absolute Gasteiger partial charge is 0.369 e. The highest BCUT2D eigenvalue weighted by atomic mass is 16.5. The number of ether oxygens (including phenoxy) is 1. The van der Waals surface area contributed by atoms with Crippen molar-refractivity contribution in [3.63, 3.8) is 0 Å². The SMILES string of the molecule is CC1(C)CC(C(N)C2Cc3ccccc32)C(C)(C)O1. The Morgan fingerprint density at radius 2 is 1.89 bits per heavy atom. The molecule has 1 saturated heterocycles. The van der Waals surface area contributed by atoms with E-state index >= 15 is 0 Å². The van der Waals surface area contributed by atoms with E-state index in [-0.39, 0.29) is 17.2 Å². The van der Waals surface area contributed by atoms with Crippen LogP contribution < -0.4 is 5.73 Å². The summed E-state index contributed by atoms with van der Waals surface area (Å²) in [6, 6.07) is 8.90. The molecule has 2 nitrogen and oxygen atoms in total. The summed E-state index contributed by atoms with van der Waals surface area (Å²) in [7, 11) is 0. The van der Waals surface area contributed by atoms with E-state index in [1.165, 1.54) is 11.1 Å². The fourth-order valence-corrected chi connectivity index (χ4v) is 4.13. The molecule has 1 fully saturated rings. The second-order valence-electron chi connectivity index (χ2n) is 7.36. The average Bonchev–Trinajstić information content (AvgIpc) is 2.48. The Hall–Kier alpha value is -0.860. The summed E-state index contributed by atoms with van der Waals surface area (Å²) in [5.74, 6) is 0.943. The number of hydrogen-bond donors (Lipinski definition) is 1. The molecular formula is C17H25NO. The van der Waals surface area contributed by atoms with Crippen molar-refractivity contribution in [1.29, 1.82) is 0 Å². The van der Waals surface area contributed by atoms with Crippen LogP contribution in [-0.4, -0.2) is 17.2 Å². The molecule has 0 saturated carbocycles. The van der Waals surface area contributed by atoms with Crippen LogP contribution in [0.2, 0.25) is 0 Å². The van der Waals surface area contributed by atoms with Gasteiger partial charge < -0.3 is 10.5 Å². The van der Waals surface area contributed by atoms with Crippen LogP contribution in [0.4, 0.5) is 0 Å². The van der Waals surface area contributed by atoms with E-state index in [9.17, 15) is 0 Å². The lowest BCUT2D eigenvalue weighted by molar-refractivity contribution is -0.0774. The van der Waals surface area contributed by atoms with Crippen molar-refractivity contribution in [2.45, 2.75) is 63.7 Å². The highest BCUT2D eigenvalue weighted by molar-refractivity contribution is 5.41. The summed E-state index contributed by atoms with van der Waals surface area (Å²) in [5.41, 5.74) is 9.38. The molecule has 0 bridgehead atoms. The van der Waals surface area contributed by atoms with E-state index in [4.69, 9.17) is 10.5 Å². The van der Waals surface area contributed by atoms with Crippen molar-refractivity contribution in [1.82, 2.24) is 0 Å². The Morgan fingerprint density at radius 1 is 1.21 bits per heavy atom. The first-order chi connectivity index (χ1) is 8.80. The molecule has 2 N–H and O–H groups in total. The van der Waals surface area contributed by atoms with E-state index in [2.05, 4.69) is 52.0 Å². The maximum atomic E-state index is 6.62. The molecule has 0 aromatic heterocycles. The molecule has 2 heteroatoms. The Bertz CT molecular complexity index is 492. The molecule has 1 aromatic carbocycles. The van der Waals surface area contributed by atoms with Crippen molar-refractivity contribution in [3.05, 3.63) is 35.4 Å². The first kappa shape index (κ1) is 13.1. The van der Waals surface area contributed by atoms with Crippen LogP contribution in [0.1, 0.15) is 51.2 Å². The van der Waals surface area contributed by atoms with Gasteiger partial charge in [-0.05, 0) is 51.7 Å². The Kier molecular flexibility index (Phi) is 2.81. The van der Waals surface area contributed by atoms with Gasteiger partial charge in [-0.2, -0.15) is 0 Å². The molecule has 0 radical (unpaired) electrons. The molecule has 3 atom stereocenters. The number of rotatable bonds is 2. The molecule has 1 aliphatic heterocycles. The van der Waals surface area contributed by atoms with Crippen molar-refractivity contribution >= 4 is 0 Å². The highest BCUT2D eigenvalue weighted by Gasteiger charge is 2.50. The van der Waals surface area contributed by atoms with Crippen molar-refractivity contribution in [2.75, 3.05) is 0 Å². The van der Waals surface area contributed by atoms with Crippen LogP contribution in [0.15, 0.2) is 24.3 Å². The minimum absolute atomic E-state index is 0.0466. The van der Waals surface area contributed by atoms with Gasteiger partial charge in [0, 0.05) is 17.9 Å². The Labute approximate surface area is 116 Å². The van der Waals surface area contributed by atoms with E-state index in [0.29, 0.717) is 11.8 Å². The van der Waals surface area contributed by atoms with Gasteiger partial charge in [-0.3, -0.25) is 0 Å². The summed E-state index contributed by atoms with van der Waals surface area (Å²) in [6.45, 7) is 8.74. The number of nitrogens with two attached hydrogens (primary N) is 1. The van der Waals surface area contributed by atoms with Gasteiger partial charge in [-0.1, -0.05) is 24.3 Å². The third-order valence-corrected chi connectivity index (χ3v) is 4.97. The lowest BCUT2D eigenvalue weighted by atomic mass is 9.67. The summed E-state index contributed by atoms with van der Waals surface area (Å²) < 4.78 is 6.20. The third-order valence-electron chi connectivity index (χ3n) is 4.97. The fraction of sp³-hybridized carbons (Fsp3) is 0.647. The molecule has 1 aliphatic carbocycles. The minimum atomic E-state index is -0.118. The van der Waals surface area contributed by atoms with Crippen LogP contribution in [0.3, 0.4) is 0 Å². The van der Waals surface area contributed by atoms with Gasteiger partial charge in [-0.25, -0.2) is 0 Å². The minimum Gasteiger partial charge on any atom is -0.369 e. The second-order valence-corrected chi connectivity index (χ2v) is 7.36. The maximum Gasteiger partial charge on any atom is 0.0677 e. The smallest absolute Gasteiger partial charge is 0.0677 e. The first-order valence-electron chi connectivity index (χ1n) is 7.34. The molecule has 1 aromatic rings. The zero-order valence-corrected chi connectivity index (χ0v) is 12.4. The van der Waals surface area contributed by atoms with Gasteiger partial charge in [0.1, 0.15) is 0 Å². The lowest BCUT2D eigenvalue weighted by Crippen LogP contribution is -2.47. The van der Waals surface area contributed by atoms with Gasteiger partial charge in [0.05, 0.1) is 11.2 Å². The summed E-state index contributed by atoms with van der Waals surface area (Å²) in [5, 5.41) is 0. The van der Waals surface area contributed by atoms with E-state index in [1.54, 1.807) is 0 Å². The normalized spacial score (nSPS) is 32.5. The van der Waals surface area contributed by atoms with E-state index < -0.39 is 0 Å². The summed E-state index contributed by atoms with van der Waals surface area (Å²) in [6.07, 6.45) is 2.18. The quantitative estimate of drug-likeness (QED) is 0.885. The standard InChI is InChI=1S/C17H25NO/c1-16(2)10-14(17(3,4)19-16)15(18)13-9-11-7-5-6-8-12(11)13/h5-8,13-15H,9-10,18H2,1-4H3. The summed E-state index contributed by atoms with van der Waals surface area (Å²) >= 11 is 0. The lowest BCUT2D eigenvalue weighted by Gasteiger charge is -2.40. The highest BCUT2D eigenvalue weighted by Crippen LogP contribution is 2.48. The van der Waals surface area contributed by atoms with Gasteiger partial charge in [0.25, 0.3) is 0 Å². The maximum absolute atomic E-state index is 6.62. The van der Waals surface area contributed by atoms with Crippen LogP contribution in [0.5, 0.6) is 0 Å².